The molecule has 1 N–H and O–H groups in total. The largest absolute Gasteiger partial charge is 0.495 e. The lowest BCUT2D eigenvalue weighted by Gasteiger charge is -2.17. The average molecular weight is 448 g/mol. The van der Waals surface area contributed by atoms with E-state index < -0.39 is 0 Å². The Kier molecular flexibility index (Phi) is 6.34. The van der Waals surface area contributed by atoms with Crippen LogP contribution in [0.3, 0.4) is 0 Å². The van der Waals surface area contributed by atoms with Crippen LogP contribution in [0.5, 0.6) is 11.5 Å². The number of benzene rings is 1. The molecular weight excluding hydrogens is 429 g/mol. The molecule has 7 nitrogen and oxygen atoms in total. The van der Waals surface area contributed by atoms with Crippen molar-refractivity contribution in [1.82, 2.24) is 14.9 Å². The first-order chi connectivity index (χ1) is 14.3. The Morgan fingerprint density at radius 1 is 1.20 bits per heavy atom. The predicted octanol–water partition coefficient (Wildman–Crippen LogP) is 3.73. The number of fused-ring (bicyclic) bond motifs is 1. The van der Waals surface area contributed by atoms with Gasteiger partial charge in [-0.15, -0.1) is 0 Å². The molecule has 0 aliphatic heterocycles. The van der Waals surface area contributed by atoms with Crippen LogP contribution in [0, 0.1) is 0 Å². The van der Waals surface area contributed by atoms with E-state index in [9.17, 15) is 9.59 Å². The van der Waals surface area contributed by atoms with E-state index in [-0.39, 0.29) is 28.1 Å². The molecule has 0 unspecified atom stereocenters. The third-order valence-electron chi connectivity index (χ3n) is 4.64. The lowest BCUT2D eigenvalue weighted by Crippen LogP contribution is -2.22. The lowest BCUT2D eigenvalue weighted by molar-refractivity contribution is -0.116. The Bertz CT molecular complexity index is 1190. The van der Waals surface area contributed by atoms with Crippen LogP contribution in [-0.2, 0) is 18.4 Å². The molecule has 0 saturated heterocycles. The van der Waals surface area contributed by atoms with Crippen molar-refractivity contribution in [3.8, 4) is 22.8 Å². The molecule has 3 aromatic rings. The van der Waals surface area contributed by atoms with Gasteiger partial charge in [-0.2, -0.15) is 0 Å². The van der Waals surface area contributed by atoms with E-state index >= 15 is 0 Å². The quantitative estimate of drug-likeness (QED) is 0.582. The van der Waals surface area contributed by atoms with Gasteiger partial charge in [-0.25, -0.2) is 0 Å². The highest BCUT2D eigenvalue weighted by Crippen LogP contribution is 2.45. The predicted molar refractivity (Wildman–Crippen MR) is 118 cm³/mol. The van der Waals surface area contributed by atoms with E-state index in [0.717, 1.165) is 0 Å². The number of halogens is 2. The molecule has 2 heterocycles. The molecule has 0 aliphatic rings. The Labute approximate surface area is 182 Å². The maximum Gasteiger partial charge on any atom is 0.258 e. The Hall–Kier alpha value is -3.03. The summed E-state index contributed by atoms with van der Waals surface area (Å²) in [5, 5.41) is 4.19. The first kappa shape index (κ1) is 21.7. The SMILES string of the molecule is C=CC(=O)NCc1cc2c(=O)n(C)c(-c3c(Cl)c(OC)cc(OC)c3Cl)cc2cn1. The van der Waals surface area contributed by atoms with E-state index in [1.54, 1.807) is 31.4 Å². The maximum absolute atomic E-state index is 13.1. The van der Waals surface area contributed by atoms with E-state index in [0.29, 0.717) is 39.2 Å². The summed E-state index contributed by atoms with van der Waals surface area (Å²) in [7, 11) is 4.58. The molecule has 156 valence electrons. The number of carbonyl (C=O) groups excluding carboxylic acids is 1. The number of hydrogen-bond donors (Lipinski definition) is 1. The fourth-order valence-corrected chi connectivity index (χ4v) is 3.73. The van der Waals surface area contributed by atoms with Gasteiger partial charge in [0.2, 0.25) is 5.91 Å². The zero-order valence-electron chi connectivity index (χ0n) is 16.6. The molecule has 1 aromatic carbocycles. The molecule has 0 radical (unpaired) electrons. The number of methoxy groups -OCH3 is 2. The first-order valence-electron chi connectivity index (χ1n) is 8.81. The minimum absolute atomic E-state index is 0.177. The van der Waals surface area contributed by atoms with Gasteiger partial charge in [0.05, 0.1) is 47.6 Å². The fraction of sp³-hybridized carbons (Fsp3) is 0.190. The van der Waals surface area contributed by atoms with Crippen molar-refractivity contribution >= 4 is 39.9 Å². The van der Waals surface area contributed by atoms with Crippen molar-refractivity contribution in [2.45, 2.75) is 6.54 Å². The third-order valence-corrected chi connectivity index (χ3v) is 5.39. The molecule has 9 heteroatoms. The summed E-state index contributed by atoms with van der Waals surface area (Å²) < 4.78 is 12.1. The molecular formula is C21H19Cl2N3O4. The van der Waals surface area contributed by atoms with Gasteiger partial charge < -0.3 is 19.4 Å². The van der Waals surface area contributed by atoms with Gasteiger partial charge in [-0.05, 0) is 18.2 Å². The Morgan fingerprint density at radius 2 is 1.83 bits per heavy atom. The molecule has 3 rings (SSSR count). The minimum atomic E-state index is -0.323. The molecule has 0 aliphatic carbocycles. The van der Waals surface area contributed by atoms with Crippen LogP contribution in [0.15, 0.2) is 41.8 Å². The summed E-state index contributed by atoms with van der Waals surface area (Å²) in [5.74, 6) is 0.412. The molecule has 0 fully saturated rings. The van der Waals surface area contributed by atoms with Gasteiger partial charge in [0, 0.05) is 30.3 Å². The number of nitrogens with zero attached hydrogens (tertiary/aromatic N) is 2. The minimum Gasteiger partial charge on any atom is -0.495 e. The number of aromatic nitrogens is 2. The van der Waals surface area contributed by atoms with Gasteiger partial charge >= 0.3 is 0 Å². The number of nitrogens with one attached hydrogen (secondary N) is 1. The molecule has 0 atom stereocenters. The summed E-state index contributed by atoms with van der Waals surface area (Å²) in [5.41, 5.74) is 1.17. The van der Waals surface area contributed by atoms with Gasteiger partial charge in [0.25, 0.3) is 5.56 Å². The number of pyridine rings is 2. The van der Waals surface area contributed by atoms with Crippen molar-refractivity contribution in [1.29, 1.82) is 0 Å². The van der Waals surface area contributed by atoms with Crippen LogP contribution in [0.4, 0.5) is 0 Å². The monoisotopic (exact) mass is 447 g/mol. The smallest absolute Gasteiger partial charge is 0.258 e. The fourth-order valence-electron chi connectivity index (χ4n) is 3.04. The molecule has 2 aromatic heterocycles. The van der Waals surface area contributed by atoms with Crippen molar-refractivity contribution in [2.24, 2.45) is 7.05 Å². The third kappa shape index (κ3) is 3.86. The summed E-state index contributed by atoms with van der Waals surface area (Å²) in [6.07, 6.45) is 2.73. The van der Waals surface area contributed by atoms with Crippen molar-refractivity contribution in [2.75, 3.05) is 14.2 Å². The van der Waals surface area contributed by atoms with Crippen molar-refractivity contribution < 1.29 is 14.3 Å². The van der Waals surface area contributed by atoms with E-state index in [4.69, 9.17) is 32.7 Å². The second kappa shape index (κ2) is 8.77. The average Bonchev–Trinajstić information content (AvgIpc) is 2.75. The summed E-state index contributed by atoms with van der Waals surface area (Å²) >= 11 is 13.0. The Balaban J connectivity index is 2.20. The van der Waals surface area contributed by atoms with Crippen LogP contribution < -0.4 is 20.3 Å². The lowest BCUT2D eigenvalue weighted by atomic mass is 10.1. The van der Waals surface area contributed by atoms with E-state index in [1.807, 2.05) is 0 Å². The number of carbonyl (C=O) groups is 1. The van der Waals surface area contributed by atoms with Gasteiger partial charge in [0.1, 0.15) is 11.5 Å². The number of hydrogen-bond acceptors (Lipinski definition) is 5. The molecule has 30 heavy (non-hydrogen) atoms. The van der Waals surface area contributed by atoms with Crippen LogP contribution in [0.1, 0.15) is 5.69 Å². The summed E-state index contributed by atoms with van der Waals surface area (Å²) in [6, 6.07) is 4.99. The highest BCUT2D eigenvalue weighted by atomic mass is 35.5. The Morgan fingerprint density at radius 3 is 2.40 bits per heavy atom. The normalized spacial score (nSPS) is 10.7. The van der Waals surface area contributed by atoms with Gasteiger partial charge in [-0.1, -0.05) is 29.8 Å². The molecule has 1 amide bonds. The number of amides is 1. The molecule has 0 saturated carbocycles. The topological polar surface area (TPSA) is 82.5 Å². The van der Waals surface area contributed by atoms with Crippen LogP contribution in [-0.4, -0.2) is 29.7 Å². The van der Waals surface area contributed by atoms with E-state index in [2.05, 4.69) is 16.9 Å². The van der Waals surface area contributed by atoms with Crippen LogP contribution >= 0.6 is 23.2 Å². The second-order valence-corrected chi connectivity index (χ2v) is 7.12. The number of rotatable bonds is 6. The molecule has 0 spiro atoms. The van der Waals surface area contributed by atoms with Crippen LogP contribution in [0.2, 0.25) is 10.0 Å². The zero-order chi connectivity index (χ0) is 22.0. The standard InChI is InChI=1S/C21H19Cl2N3O4/c1-5-17(27)25-10-12-7-13-11(9-24-12)6-14(26(2)21(13)28)18-19(22)15(29-3)8-16(30-4)20(18)23/h5-9H,1,10H2,2-4H3,(H,25,27). The van der Waals surface area contributed by atoms with Gasteiger partial charge in [-0.3, -0.25) is 14.6 Å². The highest BCUT2D eigenvalue weighted by Gasteiger charge is 2.21. The summed E-state index contributed by atoms with van der Waals surface area (Å²) in [4.78, 5) is 28.8. The zero-order valence-corrected chi connectivity index (χ0v) is 18.1. The van der Waals surface area contributed by atoms with Crippen molar-refractivity contribution in [3.63, 3.8) is 0 Å². The van der Waals surface area contributed by atoms with E-state index in [1.165, 1.54) is 24.9 Å². The highest BCUT2D eigenvalue weighted by molar-refractivity contribution is 6.41. The van der Waals surface area contributed by atoms with Crippen LogP contribution in [0.25, 0.3) is 22.0 Å². The second-order valence-electron chi connectivity index (χ2n) is 6.36. The van der Waals surface area contributed by atoms with Gasteiger partial charge in [0.15, 0.2) is 0 Å². The molecule has 0 bridgehead atoms. The maximum atomic E-state index is 13.1. The first-order valence-corrected chi connectivity index (χ1v) is 9.57. The summed E-state index contributed by atoms with van der Waals surface area (Å²) in [6.45, 7) is 3.58. The van der Waals surface area contributed by atoms with Crippen molar-refractivity contribution in [3.05, 3.63) is 63.1 Å². The number of ether oxygens (including phenoxy) is 2.